The number of aromatic amines is 1. The van der Waals surface area contributed by atoms with Gasteiger partial charge in [0.05, 0.1) is 16.6 Å². The first-order valence-electron chi connectivity index (χ1n) is 11.6. The molecule has 36 heavy (non-hydrogen) atoms. The van der Waals surface area contributed by atoms with Crippen LogP contribution in [0.4, 0.5) is 11.5 Å². The maximum atomic E-state index is 13.1. The summed E-state index contributed by atoms with van der Waals surface area (Å²) < 4.78 is 1.86. The summed E-state index contributed by atoms with van der Waals surface area (Å²) in [6.45, 7) is 6.37. The Morgan fingerprint density at radius 2 is 1.94 bits per heavy atom. The molecule has 9 nitrogen and oxygen atoms in total. The highest BCUT2D eigenvalue weighted by Crippen LogP contribution is 2.31. The highest BCUT2D eigenvalue weighted by Gasteiger charge is 2.21. The van der Waals surface area contributed by atoms with Crippen molar-refractivity contribution in [2.45, 2.75) is 40.2 Å². The minimum absolute atomic E-state index is 0.0109. The van der Waals surface area contributed by atoms with Gasteiger partial charge in [-0.25, -0.2) is 0 Å². The van der Waals surface area contributed by atoms with Crippen molar-refractivity contribution in [1.82, 2.24) is 14.8 Å². The summed E-state index contributed by atoms with van der Waals surface area (Å²) >= 11 is 1.36. The molecule has 0 aliphatic rings. The first-order valence-corrected chi connectivity index (χ1v) is 12.4. The molecule has 3 heterocycles. The molecule has 0 aliphatic heterocycles. The number of primary amides is 1. The van der Waals surface area contributed by atoms with Crippen molar-refractivity contribution in [2.75, 3.05) is 17.3 Å². The Morgan fingerprint density at radius 1 is 1.17 bits per heavy atom. The quantitative estimate of drug-likeness (QED) is 0.322. The maximum Gasteiger partial charge on any atom is 0.266 e. The van der Waals surface area contributed by atoms with E-state index in [2.05, 4.69) is 15.5 Å². The summed E-state index contributed by atoms with van der Waals surface area (Å²) in [5.74, 6) is -0.131. The number of anilines is 2. The molecule has 4 N–H and O–H groups in total. The van der Waals surface area contributed by atoms with E-state index in [0.717, 1.165) is 27.0 Å². The number of carbonyl (C=O) groups is 3. The number of amides is 3. The Bertz CT molecular complexity index is 1410. The van der Waals surface area contributed by atoms with E-state index in [0.29, 0.717) is 23.7 Å². The molecular weight excluding hydrogens is 476 g/mol. The highest BCUT2D eigenvalue weighted by atomic mass is 32.1. The molecule has 0 spiro atoms. The third-order valence-corrected chi connectivity index (χ3v) is 6.90. The topological polar surface area (TPSA) is 126 Å². The number of nitrogens with two attached hydrogens (primary N) is 1. The van der Waals surface area contributed by atoms with E-state index >= 15 is 0 Å². The van der Waals surface area contributed by atoms with Crippen LogP contribution in [0.25, 0.3) is 21.3 Å². The number of aromatic nitrogens is 3. The molecule has 0 aliphatic carbocycles. The molecule has 188 valence electrons. The Morgan fingerprint density at radius 3 is 2.61 bits per heavy atom. The predicted octanol–water partition coefficient (Wildman–Crippen LogP) is 4.62. The lowest BCUT2D eigenvalue weighted by atomic mass is 9.91. The van der Waals surface area contributed by atoms with Gasteiger partial charge in [-0.1, -0.05) is 26.8 Å². The Balaban J connectivity index is 1.64. The number of carbonyl (C=O) groups excluding carboxylic acids is 3. The summed E-state index contributed by atoms with van der Waals surface area (Å²) in [6, 6.07) is 11.2. The van der Waals surface area contributed by atoms with E-state index in [1.54, 1.807) is 30.4 Å². The molecule has 0 saturated heterocycles. The fourth-order valence-electron chi connectivity index (χ4n) is 3.91. The number of H-pyrrole nitrogens is 1. The van der Waals surface area contributed by atoms with Crippen LogP contribution >= 0.6 is 11.3 Å². The molecule has 1 aromatic carbocycles. The number of hydrogen-bond acceptors (Lipinski definition) is 5. The van der Waals surface area contributed by atoms with Gasteiger partial charge >= 0.3 is 0 Å². The van der Waals surface area contributed by atoms with Gasteiger partial charge in [-0.2, -0.15) is 5.10 Å². The molecular formula is C26H30N6O3S. The normalized spacial score (nSPS) is 11.6. The first kappa shape index (κ1) is 25.2. The Kier molecular flexibility index (Phi) is 6.98. The summed E-state index contributed by atoms with van der Waals surface area (Å²) in [5.41, 5.74) is 7.73. The third kappa shape index (κ3) is 5.65. The van der Waals surface area contributed by atoms with Crippen LogP contribution in [0.3, 0.4) is 0 Å². The molecule has 3 amide bonds. The Hall–Kier alpha value is -3.92. The van der Waals surface area contributed by atoms with Gasteiger partial charge in [0.2, 0.25) is 11.8 Å². The van der Waals surface area contributed by atoms with Gasteiger partial charge in [-0.3, -0.25) is 19.5 Å². The molecule has 0 atom stereocenters. The van der Waals surface area contributed by atoms with E-state index in [9.17, 15) is 14.4 Å². The number of nitrogens with zero attached hydrogens (tertiary/aromatic N) is 3. The van der Waals surface area contributed by atoms with Gasteiger partial charge < -0.3 is 20.5 Å². The zero-order chi connectivity index (χ0) is 26.0. The van der Waals surface area contributed by atoms with Crippen molar-refractivity contribution < 1.29 is 14.4 Å². The average Bonchev–Trinajstić information content (AvgIpc) is 3.55. The number of nitrogens with one attached hydrogen (secondary N) is 2. The molecule has 3 aromatic heterocycles. The molecule has 4 aromatic rings. The van der Waals surface area contributed by atoms with Crippen molar-refractivity contribution in [2.24, 2.45) is 11.1 Å². The number of hydrogen-bond donors (Lipinski definition) is 3. The number of fused-ring (bicyclic) bond motifs is 1. The molecule has 4 rings (SSSR count). The van der Waals surface area contributed by atoms with Gasteiger partial charge in [0.15, 0.2) is 0 Å². The lowest BCUT2D eigenvalue weighted by Crippen LogP contribution is -2.29. The second-order valence-electron chi connectivity index (χ2n) is 9.94. The summed E-state index contributed by atoms with van der Waals surface area (Å²) in [7, 11) is 1.75. The Labute approximate surface area is 213 Å². The van der Waals surface area contributed by atoms with E-state index in [1.807, 2.05) is 55.7 Å². The standard InChI is InChI=1S/C26H30N6O3S/c1-26(2,3)13-24(34)31(4)18-6-5-16-11-23(32(19(16)12-18)10-9-22(27)33)30-25(35)21-8-7-20(36-21)17-14-28-29-15-17/h5-8,11-12,14-15H,9-10,13H2,1-4H3,(H2,27,33)(H,28,29)(H,30,35). The maximum absolute atomic E-state index is 13.1. The fourth-order valence-corrected chi connectivity index (χ4v) is 4.80. The second-order valence-corrected chi connectivity index (χ2v) is 11.0. The SMILES string of the molecule is CN(C(=O)CC(C)(C)C)c1ccc2cc(NC(=O)c3ccc(-c4cn[nH]c4)s3)n(CCC(N)=O)c2c1. The smallest absolute Gasteiger partial charge is 0.266 e. The summed E-state index contributed by atoms with van der Waals surface area (Å²) in [6.07, 6.45) is 4.00. The first-order chi connectivity index (χ1) is 17.0. The number of benzene rings is 1. The van der Waals surface area contributed by atoms with E-state index in [1.165, 1.54) is 11.3 Å². The highest BCUT2D eigenvalue weighted by molar-refractivity contribution is 7.17. The van der Waals surface area contributed by atoms with Gasteiger partial charge in [0.25, 0.3) is 5.91 Å². The van der Waals surface area contributed by atoms with Crippen LogP contribution in [-0.4, -0.2) is 39.5 Å². The summed E-state index contributed by atoms with van der Waals surface area (Å²) in [5, 5.41) is 10.6. The molecule has 0 fully saturated rings. The van der Waals surface area contributed by atoms with E-state index in [-0.39, 0.29) is 23.7 Å². The van der Waals surface area contributed by atoms with Crippen LogP contribution in [-0.2, 0) is 16.1 Å². The predicted molar refractivity (Wildman–Crippen MR) is 143 cm³/mol. The van der Waals surface area contributed by atoms with Gasteiger partial charge in [0.1, 0.15) is 5.82 Å². The minimum atomic E-state index is -0.439. The van der Waals surface area contributed by atoms with Crippen molar-refractivity contribution in [1.29, 1.82) is 0 Å². The zero-order valence-corrected chi connectivity index (χ0v) is 21.6. The van der Waals surface area contributed by atoms with Crippen LogP contribution in [0, 0.1) is 5.41 Å². The van der Waals surface area contributed by atoms with Crippen LogP contribution in [0.1, 0.15) is 43.3 Å². The van der Waals surface area contributed by atoms with Gasteiger partial charge in [-0.15, -0.1) is 11.3 Å². The lowest BCUT2D eigenvalue weighted by molar-refractivity contribution is -0.120. The second kappa shape index (κ2) is 9.98. The van der Waals surface area contributed by atoms with Crippen LogP contribution in [0.5, 0.6) is 0 Å². The van der Waals surface area contributed by atoms with Crippen molar-refractivity contribution >= 4 is 51.5 Å². The van der Waals surface area contributed by atoms with E-state index in [4.69, 9.17) is 5.73 Å². The van der Waals surface area contributed by atoms with Crippen molar-refractivity contribution in [3.8, 4) is 10.4 Å². The van der Waals surface area contributed by atoms with Crippen LogP contribution < -0.4 is 16.0 Å². The van der Waals surface area contributed by atoms with E-state index < -0.39 is 5.91 Å². The van der Waals surface area contributed by atoms with Crippen LogP contribution in [0.2, 0.25) is 0 Å². The average molecular weight is 507 g/mol. The van der Waals surface area contributed by atoms with Crippen molar-refractivity contribution in [3.63, 3.8) is 0 Å². The van der Waals surface area contributed by atoms with Gasteiger partial charge in [-0.05, 0) is 35.7 Å². The number of rotatable bonds is 8. The molecule has 0 bridgehead atoms. The van der Waals surface area contributed by atoms with Crippen LogP contribution in [0.15, 0.2) is 48.8 Å². The minimum Gasteiger partial charge on any atom is -0.370 e. The molecule has 0 radical (unpaired) electrons. The number of thiophene rings is 1. The van der Waals surface area contributed by atoms with Crippen molar-refractivity contribution in [3.05, 3.63) is 53.7 Å². The zero-order valence-electron chi connectivity index (χ0n) is 20.8. The fraction of sp³-hybridized carbons (Fsp3) is 0.308. The monoisotopic (exact) mass is 506 g/mol. The molecule has 0 saturated carbocycles. The largest absolute Gasteiger partial charge is 0.370 e. The number of aryl methyl sites for hydroxylation is 1. The van der Waals surface area contributed by atoms with Gasteiger partial charge in [0, 0.05) is 54.1 Å². The molecule has 0 unspecified atom stereocenters. The third-order valence-electron chi connectivity index (χ3n) is 5.77. The lowest BCUT2D eigenvalue weighted by Gasteiger charge is -2.23. The summed E-state index contributed by atoms with van der Waals surface area (Å²) in [4.78, 5) is 40.5. The molecule has 10 heteroatoms.